The lowest BCUT2D eigenvalue weighted by atomic mass is 10.2. The van der Waals surface area contributed by atoms with Crippen LogP contribution in [0, 0.1) is 0 Å². The summed E-state index contributed by atoms with van der Waals surface area (Å²) in [6.45, 7) is 1.92. The van der Waals surface area contributed by atoms with Crippen molar-refractivity contribution < 1.29 is 9.32 Å². The molecule has 1 atom stereocenters. The first-order chi connectivity index (χ1) is 7.20. The summed E-state index contributed by atoms with van der Waals surface area (Å²) >= 11 is 0. The van der Waals surface area contributed by atoms with Crippen LogP contribution in [0.25, 0.3) is 0 Å². The van der Waals surface area contributed by atoms with Crippen LogP contribution < -0.4 is 11.1 Å². The number of nitrogens with zero attached hydrogens (tertiary/aromatic N) is 2. The Balaban J connectivity index is 2.01. The van der Waals surface area contributed by atoms with Gasteiger partial charge in [0.2, 0.25) is 5.89 Å². The molecule has 6 heteroatoms. The predicted molar refractivity (Wildman–Crippen MR) is 52.0 cm³/mol. The number of aromatic nitrogens is 2. The quantitative estimate of drug-likeness (QED) is 0.748. The smallest absolute Gasteiger partial charge is 0.292 e. The maximum absolute atomic E-state index is 11.5. The molecule has 1 aliphatic rings. The molecule has 0 spiro atoms. The molecule has 1 aromatic heterocycles. The summed E-state index contributed by atoms with van der Waals surface area (Å²) < 4.78 is 4.89. The van der Waals surface area contributed by atoms with E-state index in [0.29, 0.717) is 18.4 Å². The van der Waals surface area contributed by atoms with Crippen molar-refractivity contribution >= 4 is 5.91 Å². The van der Waals surface area contributed by atoms with E-state index in [4.69, 9.17) is 10.3 Å². The minimum absolute atomic E-state index is 0.0702. The standard InChI is InChI=1S/C9H14N4O2/c1-2-6(10)9-12-7(13-15-9)8(14)11-5-3-4-5/h5-6H,2-4,10H2,1H3,(H,11,14). The number of carbonyl (C=O) groups excluding carboxylic acids is 1. The summed E-state index contributed by atoms with van der Waals surface area (Å²) in [5.41, 5.74) is 5.69. The van der Waals surface area contributed by atoms with E-state index in [1.165, 1.54) is 0 Å². The second kappa shape index (κ2) is 3.98. The van der Waals surface area contributed by atoms with Crippen LogP contribution in [0.3, 0.4) is 0 Å². The van der Waals surface area contributed by atoms with E-state index < -0.39 is 0 Å². The first-order valence-electron chi connectivity index (χ1n) is 5.10. The molecule has 0 radical (unpaired) electrons. The van der Waals surface area contributed by atoms with E-state index in [0.717, 1.165) is 12.8 Å². The average molecular weight is 210 g/mol. The van der Waals surface area contributed by atoms with Crippen LogP contribution in [0.4, 0.5) is 0 Å². The van der Waals surface area contributed by atoms with Gasteiger partial charge in [0.1, 0.15) is 0 Å². The molecule has 1 aromatic rings. The Morgan fingerprint density at radius 3 is 3.07 bits per heavy atom. The van der Waals surface area contributed by atoms with Gasteiger partial charge in [-0.2, -0.15) is 4.98 Å². The second-order valence-corrected chi connectivity index (χ2v) is 3.72. The molecule has 0 saturated heterocycles. The van der Waals surface area contributed by atoms with Crippen molar-refractivity contribution in [1.82, 2.24) is 15.5 Å². The van der Waals surface area contributed by atoms with Gasteiger partial charge in [0.25, 0.3) is 11.7 Å². The molecule has 2 rings (SSSR count). The first-order valence-corrected chi connectivity index (χ1v) is 5.10. The van der Waals surface area contributed by atoms with E-state index in [2.05, 4.69) is 15.5 Å². The van der Waals surface area contributed by atoms with Crippen molar-refractivity contribution in [1.29, 1.82) is 0 Å². The van der Waals surface area contributed by atoms with Crippen molar-refractivity contribution in [2.45, 2.75) is 38.3 Å². The molecule has 1 heterocycles. The molecule has 1 saturated carbocycles. The Morgan fingerprint density at radius 2 is 2.47 bits per heavy atom. The van der Waals surface area contributed by atoms with Crippen LogP contribution >= 0.6 is 0 Å². The lowest BCUT2D eigenvalue weighted by Crippen LogP contribution is -2.26. The summed E-state index contributed by atoms with van der Waals surface area (Å²) in [6.07, 6.45) is 2.77. The van der Waals surface area contributed by atoms with Crippen LogP contribution in [0.15, 0.2) is 4.52 Å². The molecule has 6 nitrogen and oxygen atoms in total. The molecular weight excluding hydrogens is 196 g/mol. The molecule has 1 fully saturated rings. The molecule has 1 aliphatic carbocycles. The fourth-order valence-corrected chi connectivity index (χ4v) is 1.13. The van der Waals surface area contributed by atoms with E-state index in [9.17, 15) is 4.79 Å². The molecule has 15 heavy (non-hydrogen) atoms. The summed E-state index contributed by atoms with van der Waals surface area (Å²) in [5, 5.41) is 6.36. The van der Waals surface area contributed by atoms with Crippen LogP contribution in [-0.2, 0) is 0 Å². The number of carbonyl (C=O) groups is 1. The zero-order valence-electron chi connectivity index (χ0n) is 8.56. The van der Waals surface area contributed by atoms with Gasteiger partial charge in [-0.05, 0) is 19.3 Å². The fourth-order valence-electron chi connectivity index (χ4n) is 1.13. The minimum Gasteiger partial charge on any atom is -0.346 e. The number of hydrogen-bond donors (Lipinski definition) is 2. The second-order valence-electron chi connectivity index (χ2n) is 3.72. The Hall–Kier alpha value is -1.43. The lowest BCUT2D eigenvalue weighted by Gasteiger charge is -1.99. The number of nitrogens with one attached hydrogen (secondary N) is 1. The summed E-state index contributed by atoms with van der Waals surface area (Å²) in [6, 6.07) is -0.000673. The highest BCUT2D eigenvalue weighted by molar-refractivity contribution is 5.90. The van der Waals surface area contributed by atoms with Gasteiger partial charge in [-0.1, -0.05) is 12.1 Å². The lowest BCUT2D eigenvalue weighted by molar-refractivity contribution is 0.0937. The van der Waals surface area contributed by atoms with Gasteiger partial charge in [0.05, 0.1) is 6.04 Å². The maximum Gasteiger partial charge on any atom is 0.292 e. The van der Waals surface area contributed by atoms with Gasteiger partial charge >= 0.3 is 0 Å². The Labute approximate surface area is 87.2 Å². The summed E-state index contributed by atoms with van der Waals surface area (Å²) in [7, 11) is 0. The highest BCUT2D eigenvalue weighted by Gasteiger charge is 2.26. The third-order valence-corrected chi connectivity index (χ3v) is 2.31. The zero-order valence-corrected chi connectivity index (χ0v) is 8.56. The Morgan fingerprint density at radius 1 is 1.73 bits per heavy atom. The molecule has 0 bridgehead atoms. The molecule has 1 unspecified atom stereocenters. The van der Waals surface area contributed by atoms with Crippen molar-refractivity contribution in [2.24, 2.45) is 5.73 Å². The van der Waals surface area contributed by atoms with Crippen molar-refractivity contribution in [3.05, 3.63) is 11.7 Å². The van der Waals surface area contributed by atoms with Crippen LogP contribution in [0.1, 0.15) is 48.7 Å². The Kier molecular flexibility index (Phi) is 2.68. The van der Waals surface area contributed by atoms with Gasteiger partial charge in [-0.25, -0.2) is 0 Å². The van der Waals surface area contributed by atoms with Gasteiger partial charge < -0.3 is 15.6 Å². The molecule has 0 aromatic carbocycles. The van der Waals surface area contributed by atoms with E-state index >= 15 is 0 Å². The van der Waals surface area contributed by atoms with Gasteiger partial charge in [0, 0.05) is 6.04 Å². The number of rotatable bonds is 4. The third kappa shape index (κ3) is 2.33. The maximum atomic E-state index is 11.5. The largest absolute Gasteiger partial charge is 0.346 e. The fraction of sp³-hybridized carbons (Fsp3) is 0.667. The molecular formula is C9H14N4O2. The van der Waals surface area contributed by atoms with E-state index in [1.807, 2.05) is 6.92 Å². The van der Waals surface area contributed by atoms with Crippen LogP contribution in [-0.4, -0.2) is 22.1 Å². The summed E-state index contributed by atoms with van der Waals surface area (Å²) in [4.78, 5) is 15.4. The molecule has 0 aliphatic heterocycles. The van der Waals surface area contributed by atoms with Crippen molar-refractivity contribution in [3.63, 3.8) is 0 Å². The topological polar surface area (TPSA) is 94.0 Å². The van der Waals surface area contributed by atoms with Gasteiger partial charge in [-0.3, -0.25) is 4.79 Å². The SMILES string of the molecule is CCC(N)c1nc(C(=O)NC2CC2)no1. The van der Waals surface area contributed by atoms with Crippen molar-refractivity contribution in [3.8, 4) is 0 Å². The molecule has 1 amide bonds. The third-order valence-electron chi connectivity index (χ3n) is 2.31. The van der Waals surface area contributed by atoms with Crippen LogP contribution in [0.5, 0.6) is 0 Å². The molecule has 82 valence electrons. The zero-order chi connectivity index (χ0) is 10.8. The van der Waals surface area contributed by atoms with Crippen molar-refractivity contribution in [2.75, 3.05) is 0 Å². The van der Waals surface area contributed by atoms with Gasteiger partial charge in [0.15, 0.2) is 0 Å². The molecule has 3 N–H and O–H groups in total. The normalized spacial score (nSPS) is 17.5. The van der Waals surface area contributed by atoms with Crippen LogP contribution in [0.2, 0.25) is 0 Å². The Bertz CT molecular complexity index is 359. The highest BCUT2D eigenvalue weighted by atomic mass is 16.5. The van der Waals surface area contributed by atoms with Gasteiger partial charge in [-0.15, -0.1) is 0 Å². The van der Waals surface area contributed by atoms with E-state index in [1.54, 1.807) is 0 Å². The average Bonchev–Trinajstić information content (AvgIpc) is 2.91. The number of hydrogen-bond acceptors (Lipinski definition) is 5. The summed E-state index contributed by atoms with van der Waals surface area (Å²) in [5.74, 6) is 0.107. The number of amides is 1. The van der Waals surface area contributed by atoms with E-state index in [-0.39, 0.29) is 17.8 Å². The number of nitrogens with two attached hydrogens (primary N) is 1. The minimum atomic E-state index is -0.292. The highest BCUT2D eigenvalue weighted by Crippen LogP contribution is 2.19. The predicted octanol–water partition coefficient (Wildman–Crippen LogP) is 0.372. The first kappa shape index (κ1) is 10.1. The monoisotopic (exact) mass is 210 g/mol.